The highest BCUT2D eigenvalue weighted by Gasteiger charge is 2.18. The lowest BCUT2D eigenvalue weighted by Crippen LogP contribution is -2.31. The Kier molecular flexibility index (Phi) is 6.95. The van der Waals surface area contributed by atoms with E-state index in [1.54, 1.807) is 0 Å². The van der Waals surface area contributed by atoms with Crippen LogP contribution in [-0.4, -0.2) is 37.1 Å². The Morgan fingerprint density at radius 1 is 0.923 bits per heavy atom. The van der Waals surface area contributed by atoms with Gasteiger partial charge in [0.25, 0.3) is 5.91 Å². The summed E-state index contributed by atoms with van der Waals surface area (Å²) in [6, 6.07) is 15.2. The standard InChI is InChI=1S/C21H24BrNO3/c22-19-16-17(21(24)23-12-6-1-2-7-13-23)10-11-20(19)26-15-14-25-18-8-4-3-5-9-18/h3-5,8-11,16H,1-2,6-7,12-15H2. The largest absolute Gasteiger partial charge is 0.490 e. The van der Waals surface area contributed by atoms with Crippen LogP contribution in [0.15, 0.2) is 53.0 Å². The number of ether oxygens (including phenoxy) is 2. The maximum absolute atomic E-state index is 12.7. The molecule has 0 unspecified atom stereocenters. The van der Waals surface area contributed by atoms with Crippen molar-refractivity contribution >= 4 is 21.8 Å². The molecule has 2 aromatic carbocycles. The molecule has 0 saturated carbocycles. The maximum atomic E-state index is 12.7. The van der Waals surface area contributed by atoms with E-state index in [4.69, 9.17) is 9.47 Å². The lowest BCUT2D eigenvalue weighted by atomic mass is 10.2. The summed E-state index contributed by atoms with van der Waals surface area (Å²) in [5.41, 5.74) is 0.701. The smallest absolute Gasteiger partial charge is 0.253 e. The van der Waals surface area contributed by atoms with Crippen molar-refractivity contribution < 1.29 is 14.3 Å². The van der Waals surface area contributed by atoms with Crippen LogP contribution in [-0.2, 0) is 0 Å². The number of nitrogens with zero attached hydrogens (tertiary/aromatic N) is 1. The summed E-state index contributed by atoms with van der Waals surface area (Å²) >= 11 is 3.52. The van der Waals surface area contributed by atoms with Crippen LogP contribution in [0.5, 0.6) is 11.5 Å². The van der Waals surface area contributed by atoms with E-state index in [9.17, 15) is 4.79 Å². The third-order valence-corrected chi connectivity index (χ3v) is 5.04. The van der Waals surface area contributed by atoms with Crippen molar-refractivity contribution in [1.29, 1.82) is 0 Å². The quantitative estimate of drug-likeness (QED) is 0.625. The molecule has 26 heavy (non-hydrogen) atoms. The fraction of sp³-hybridized carbons (Fsp3) is 0.381. The van der Waals surface area contributed by atoms with Gasteiger partial charge in [-0.2, -0.15) is 0 Å². The minimum atomic E-state index is 0.103. The normalized spacial score (nSPS) is 14.6. The van der Waals surface area contributed by atoms with Gasteiger partial charge in [-0.1, -0.05) is 31.0 Å². The predicted octanol–water partition coefficient (Wildman–Crippen LogP) is 4.92. The second-order valence-electron chi connectivity index (χ2n) is 6.36. The van der Waals surface area contributed by atoms with Crippen LogP contribution in [0.4, 0.5) is 0 Å². The van der Waals surface area contributed by atoms with Crippen molar-refractivity contribution in [3.63, 3.8) is 0 Å². The molecule has 1 amide bonds. The number of likely N-dealkylation sites (tertiary alicyclic amines) is 1. The molecule has 3 rings (SSSR count). The molecule has 0 radical (unpaired) electrons. The molecule has 5 heteroatoms. The Morgan fingerprint density at radius 3 is 2.31 bits per heavy atom. The molecular formula is C21H24BrNO3. The topological polar surface area (TPSA) is 38.8 Å². The summed E-state index contributed by atoms with van der Waals surface area (Å²) in [6.07, 6.45) is 4.61. The first kappa shape index (κ1) is 18.8. The molecule has 1 aliphatic heterocycles. The first-order valence-corrected chi connectivity index (χ1v) is 9.93. The van der Waals surface area contributed by atoms with Gasteiger partial charge in [-0.15, -0.1) is 0 Å². The molecule has 0 spiro atoms. The summed E-state index contributed by atoms with van der Waals surface area (Å²) in [5, 5.41) is 0. The highest BCUT2D eigenvalue weighted by atomic mass is 79.9. The minimum Gasteiger partial charge on any atom is -0.490 e. The monoisotopic (exact) mass is 417 g/mol. The SMILES string of the molecule is O=C(c1ccc(OCCOc2ccccc2)c(Br)c1)N1CCCCCC1. The molecule has 0 aromatic heterocycles. The Bertz CT molecular complexity index is 712. The highest BCUT2D eigenvalue weighted by Crippen LogP contribution is 2.27. The third-order valence-electron chi connectivity index (χ3n) is 4.42. The van der Waals surface area contributed by atoms with E-state index in [1.165, 1.54) is 12.8 Å². The van der Waals surface area contributed by atoms with E-state index < -0.39 is 0 Å². The summed E-state index contributed by atoms with van der Waals surface area (Å²) in [5.74, 6) is 1.65. The van der Waals surface area contributed by atoms with Gasteiger partial charge in [0.1, 0.15) is 24.7 Å². The maximum Gasteiger partial charge on any atom is 0.253 e. The zero-order valence-electron chi connectivity index (χ0n) is 14.8. The van der Waals surface area contributed by atoms with E-state index in [0.29, 0.717) is 24.5 Å². The highest BCUT2D eigenvalue weighted by molar-refractivity contribution is 9.10. The molecular weight excluding hydrogens is 394 g/mol. The third kappa shape index (κ3) is 5.24. The molecule has 1 fully saturated rings. The fourth-order valence-electron chi connectivity index (χ4n) is 3.04. The number of para-hydroxylation sites is 1. The van der Waals surface area contributed by atoms with Crippen molar-refractivity contribution in [2.24, 2.45) is 0 Å². The van der Waals surface area contributed by atoms with Gasteiger partial charge in [-0.05, 0) is 59.1 Å². The zero-order valence-corrected chi connectivity index (χ0v) is 16.4. The van der Waals surface area contributed by atoms with Crippen molar-refractivity contribution in [3.05, 3.63) is 58.6 Å². The molecule has 0 atom stereocenters. The molecule has 1 heterocycles. The van der Waals surface area contributed by atoms with Gasteiger partial charge in [-0.25, -0.2) is 0 Å². The van der Waals surface area contributed by atoms with Crippen molar-refractivity contribution in [2.45, 2.75) is 25.7 Å². The average Bonchev–Trinajstić information content (AvgIpc) is 2.96. The van der Waals surface area contributed by atoms with Gasteiger partial charge >= 0.3 is 0 Å². The molecule has 0 bridgehead atoms. The summed E-state index contributed by atoms with van der Waals surface area (Å²) in [7, 11) is 0. The Balaban J connectivity index is 1.52. The van der Waals surface area contributed by atoms with Crippen LogP contribution in [0.25, 0.3) is 0 Å². The number of halogens is 1. The second-order valence-corrected chi connectivity index (χ2v) is 7.22. The van der Waals surface area contributed by atoms with E-state index >= 15 is 0 Å². The Labute approximate surface area is 163 Å². The van der Waals surface area contributed by atoms with Crippen LogP contribution in [0.3, 0.4) is 0 Å². The van der Waals surface area contributed by atoms with E-state index in [0.717, 1.165) is 36.2 Å². The van der Waals surface area contributed by atoms with Gasteiger partial charge < -0.3 is 14.4 Å². The van der Waals surface area contributed by atoms with Gasteiger partial charge in [-0.3, -0.25) is 4.79 Å². The summed E-state index contributed by atoms with van der Waals surface area (Å²) < 4.78 is 12.2. The number of benzene rings is 2. The first-order chi connectivity index (χ1) is 12.7. The lowest BCUT2D eigenvalue weighted by Gasteiger charge is -2.20. The lowest BCUT2D eigenvalue weighted by molar-refractivity contribution is 0.0761. The first-order valence-electron chi connectivity index (χ1n) is 9.13. The van der Waals surface area contributed by atoms with Crippen LogP contribution >= 0.6 is 15.9 Å². The van der Waals surface area contributed by atoms with Crippen molar-refractivity contribution in [2.75, 3.05) is 26.3 Å². The van der Waals surface area contributed by atoms with Crippen molar-refractivity contribution in [3.8, 4) is 11.5 Å². The molecule has 4 nitrogen and oxygen atoms in total. The number of rotatable bonds is 6. The molecule has 0 aliphatic carbocycles. The second kappa shape index (κ2) is 9.62. The number of hydrogen-bond donors (Lipinski definition) is 0. The van der Waals surface area contributed by atoms with Crippen LogP contribution in [0.1, 0.15) is 36.0 Å². The van der Waals surface area contributed by atoms with E-state index in [-0.39, 0.29) is 5.91 Å². The number of carbonyl (C=O) groups excluding carboxylic acids is 1. The predicted molar refractivity (Wildman–Crippen MR) is 106 cm³/mol. The van der Waals surface area contributed by atoms with Crippen LogP contribution in [0, 0.1) is 0 Å². The Morgan fingerprint density at radius 2 is 1.62 bits per heavy atom. The number of carbonyl (C=O) groups is 1. The van der Waals surface area contributed by atoms with Crippen LogP contribution < -0.4 is 9.47 Å². The van der Waals surface area contributed by atoms with E-state index in [1.807, 2.05) is 53.4 Å². The van der Waals surface area contributed by atoms with E-state index in [2.05, 4.69) is 15.9 Å². The summed E-state index contributed by atoms with van der Waals surface area (Å²) in [6.45, 7) is 2.61. The average molecular weight is 418 g/mol. The van der Waals surface area contributed by atoms with Crippen molar-refractivity contribution in [1.82, 2.24) is 4.90 Å². The molecule has 2 aromatic rings. The molecule has 1 saturated heterocycles. The fourth-order valence-corrected chi connectivity index (χ4v) is 3.53. The zero-order chi connectivity index (χ0) is 18.2. The number of amides is 1. The van der Waals surface area contributed by atoms with Gasteiger partial charge in [0, 0.05) is 18.7 Å². The summed E-state index contributed by atoms with van der Waals surface area (Å²) in [4.78, 5) is 14.6. The van der Waals surface area contributed by atoms with Gasteiger partial charge in [0.2, 0.25) is 0 Å². The molecule has 0 N–H and O–H groups in total. The minimum absolute atomic E-state index is 0.103. The molecule has 1 aliphatic rings. The van der Waals surface area contributed by atoms with Gasteiger partial charge in [0.05, 0.1) is 4.47 Å². The molecule has 138 valence electrons. The Hall–Kier alpha value is -2.01. The van der Waals surface area contributed by atoms with Gasteiger partial charge in [0.15, 0.2) is 0 Å². The number of hydrogen-bond acceptors (Lipinski definition) is 3. The van der Waals surface area contributed by atoms with Crippen LogP contribution in [0.2, 0.25) is 0 Å².